The molecule has 0 rings (SSSR count). The van der Waals surface area contributed by atoms with Crippen LogP contribution in [-0.2, 0) is 14.4 Å². The van der Waals surface area contributed by atoms with Crippen molar-refractivity contribution in [3.05, 3.63) is 0 Å². The van der Waals surface area contributed by atoms with Gasteiger partial charge in [0.2, 0.25) is 0 Å². The normalized spacial score (nSPS) is 13.4. The minimum Gasteiger partial charge on any atom is -0.396 e. The molecule has 11 nitrogen and oxygen atoms in total. The van der Waals surface area contributed by atoms with Gasteiger partial charge in [0.25, 0.3) is 0 Å². The van der Waals surface area contributed by atoms with E-state index in [1.165, 1.54) is 0 Å². The highest BCUT2D eigenvalue weighted by Crippen LogP contribution is 2.22. The topological polar surface area (TPSA) is 190 Å². The molecule has 11 heteroatoms. The van der Waals surface area contributed by atoms with Gasteiger partial charge in [-0.1, -0.05) is 0 Å². The molecule has 0 radical (unpaired) electrons. The first-order valence-electron chi connectivity index (χ1n) is 7.64. The summed E-state index contributed by atoms with van der Waals surface area (Å²) >= 11 is 0. The van der Waals surface area contributed by atoms with Gasteiger partial charge < -0.3 is 45.2 Å². The first-order valence-corrected chi connectivity index (χ1v) is 7.64. The van der Waals surface area contributed by atoms with Crippen molar-refractivity contribution < 1.29 is 55.4 Å². The van der Waals surface area contributed by atoms with Crippen molar-refractivity contribution in [3.63, 3.8) is 0 Å². The molecule has 25 heavy (non-hydrogen) atoms. The van der Waals surface area contributed by atoms with Crippen molar-refractivity contribution in [2.24, 2.45) is 10.8 Å². The van der Waals surface area contributed by atoms with Crippen molar-refractivity contribution in [1.29, 1.82) is 0 Å². The molecule has 0 unspecified atom stereocenters. The van der Waals surface area contributed by atoms with Gasteiger partial charge in [0, 0.05) is 0 Å². The van der Waals surface area contributed by atoms with Crippen molar-refractivity contribution >= 4 is 0 Å². The largest absolute Gasteiger partial charge is 0.396 e. The lowest BCUT2D eigenvalue weighted by molar-refractivity contribution is -0.348. The van der Waals surface area contributed by atoms with Crippen molar-refractivity contribution in [2.45, 2.75) is 5.60 Å². The van der Waals surface area contributed by atoms with Crippen LogP contribution in [0.25, 0.3) is 0 Å². The van der Waals surface area contributed by atoms with Crippen LogP contribution in [0.1, 0.15) is 0 Å². The van der Waals surface area contributed by atoms with Gasteiger partial charge in [0.15, 0.2) is 5.60 Å². The lowest BCUT2D eigenvalue weighted by atomic mass is 9.90. The van der Waals surface area contributed by atoms with Gasteiger partial charge in [-0.3, -0.25) is 5.26 Å². The Morgan fingerprint density at radius 1 is 0.480 bits per heavy atom. The second-order valence-corrected chi connectivity index (χ2v) is 6.37. The van der Waals surface area contributed by atoms with E-state index >= 15 is 0 Å². The maximum atomic E-state index is 9.53. The molecule has 0 amide bonds. The zero-order valence-electron chi connectivity index (χ0n) is 14.1. The summed E-state index contributed by atoms with van der Waals surface area (Å²) in [5.74, 6) is 0. The molecule has 0 atom stereocenters. The molecule has 8 N–H and O–H groups in total. The molecule has 0 fully saturated rings. The van der Waals surface area contributed by atoms with E-state index in [0.717, 1.165) is 0 Å². The molecule has 0 aliphatic carbocycles. The number of aliphatic hydroxyl groups excluding tert-OH is 7. The van der Waals surface area contributed by atoms with E-state index in [2.05, 4.69) is 4.89 Å². The van der Waals surface area contributed by atoms with E-state index in [9.17, 15) is 25.5 Å². The molecular formula is C14H30O11. The van der Waals surface area contributed by atoms with Gasteiger partial charge in [0.1, 0.15) is 0 Å². The molecule has 0 saturated heterocycles. The standard InChI is InChI=1S/C14H30O11/c15-1-12(2-16,3-17)8-23-9-13(4-18,5-19)10-24-11-14(6-20,7-21)25-22/h15-22H,1-11H2. The smallest absolute Gasteiger partial charge is 0.172 e. The Bertz CT molecular complexity index is 282. The van der Waals surface area contributed by atoms with Gasteiger partial charge in [-0.25, -0.2) is 4.89 Å². The highest BCUT2D eigenvalue weighted by atomic mass is 17.1. The van der Waals surface area contributed by atoms with Crippen LogP contribution in [0.3, 0.4) is 0 Å². The Morgan fingerprint density at radius 3 is 1.16 bits per heavy atom. The fourth-order valence-electron chi connectivity index (χ4n) is 1.72. The summed E-state index contributed by atoms with van der Waals surface area (Å²) in [5, 5.41) is 73.7. The first kappa shape index (κ1) is 24.6. The molecule has 0 aromatic rings. The van der Waals surface area contributed by atoms with Crippen molar-refractivity contribution in [3.8, 4) is 0 Å². The number of hydrogen-bond donors (Lipinski definition) is 8. The molecule has 0 heterocycles. The van der Waals surface area contributed by atoms with E-state index in [1.54, 1.807) is 0 Å². The van der Waals surface area contributed by atoms with Crippen LogP contribution < -0.4 is 0 Å². The highest BCUT2D eigenvalue weighted by molar-refractivity contribution is 4.82. The van der Waals surface area contributed by atoms with Crippen molar-refractivity contribution in [2.75, 3.05) is 72.7 Å². The van der Waals surface area contributed by atoms with E-state index in [0.29, 0.717) is 0 Å². The quantitative estimate of drug-likeness (QED) is 0.0975. The first-order chi connectivity index (χ1) is 11.9. The van der Waals surface area contributed by atoms with Gasteiger partial charge in [-0.2, -0.15) is 0 Å². The lowest BCUT2D eigenvalue weighted by Gasteiger charge is -2.34. The molecule has 152 valence electrons. The Hall–Kier alpha value is -0.440. The van der Waals surface area contributed by atoms with Crippen LogP contribution in [0.5, 0.6) is 0 Å². The fourth-order valence-corrected chi connectivity index (χ4v) is 1.72. The summed E-state index contributed by atoms with van der Waals surface area (Å²) in [6.07, 6.45) is 0. The van der Waals surface area contributed by atoms with Crippen LogP contribution >= 0.6 is 0 Å². The average molecular weight is 374 g/mol. The fraction of sp³-hybridized carbons (Fsp3) is 1.00. The third-order valence-corrected chi connectivity index (χ3v) is 4.04. The minimum atomic E-state index is -1.74. The second-order valence-electron chi connectivity index (χ2n) is 6.37. The third kappa shape index (κ3) is 7.00. The second kappa shape index (κ2) is 12.0. The van der Waals surface area contributed by atoms with Crippen LogP contribution in [-0.4, -0.2) is 119 Å². The monoisotopic (exact) mass is 374 g/mol. The third-order valence-electron chi connectivity index (χ3n) is 4.04. The van der Waals surface area contributed by atoms with Crippen molar-refractivity contribution in [1.82, 2.24) is 0 Å². The predicted molar refractivity (Wildman–Crippen MR) is 82.5 cm³/mol. The molecule has 0 aromatic heterocycles. The van der Waals surface area contributed by atoms with E-state index < -0.39 is 69.3 Å². The number of ether oxygens (including phenoxy) is 2. The van der Waals surface area contributed by atoms with Gasteiger partial charge >= 0.3 is 0 Å². The number of aliphatic hydroxyl groups is 7. The van der Waals surface area contributed by atoms with E-state index in [1.807, 2.05) is 0 Å². The maximum Gasteiger partial charge on any atom is 0.172 e. The molecule has 0 spiro atoms. The summed E-state index contributed by atoms with van der Waals surface area (Å²) < 4.78 is 10.5. The summed E-state index contributed by atoms with van der Waals surface area (Å²) in [5.41, 5.74) is -4.26. The Balaban J connectivity index is 4.69. The number of rotatable bonds is 16. The van der Waals surface area contributed by atoms with Gasteiger partial charge in [0.05, 0.1) is 83.5 Å². The Labute approximate surface area is 145 Å². The van der Waals surface area contributed by atoms with Gasteiger partial charge in [-0.05, 0) is 0 Å². The van der Waals surface area contributed by atoms with Crippen LogP contribution in [0.4, 0.5) is 0 Å². The molecule has 0 saturated carbocycles. The molecular weight excluding hydrogens is 344 g/mol. The zero-order valence-corrected chi connectivity index (χ0v) is 14.1. The van der Waals surface area contributed by atoms with Crippen LogP contribution in [0.2, 0.25) is 0 Å². The van der Waals surface area contributed by atoms with Crippen LogP contribution in [0, 0.1) is 10.8 Å². The van der Waals surface area contributed by atoms with E-state index in [-0.39, 0.29) is 19.8 Å². The van der Waals surface area contributed by atoms with Crippen LogP contribution in [0.15, 0.2) is 0 Å². The molecule has 0 aliphatic heterocycles. The minimum absolute atomic E-state index is 0.227. The van der Waals surface area contributed by atoms with Gasteiger partial charge in [-0.15, -0.1) is 0 Å². The van der Waals surface area contributed by atoms with E-state index in [4.69, 9.17) is 24.9 Å². The summed E-state index contributed by atoms with van der Waals surface area (Å²) in [4.78, 5) is 4.02. The maximum absolute atomic E-state index is 9.53. The molecule has 0 aromatic carbocycles. The molecule has 0 aliphatic rings. The Kier molecular flexibility index (Phi) is 11.8. The number of hydrogen-bond acceptors (Lipinski definition) is 11. The lowest BCUT2D eigenvalue weighted by Crippen LogP contribution is -2.47. The summed E-state index contributed by atoms with van der Waals surface area (Å²) in [7, 11) is 0. The molecule has 0 bridgehead atoms. The Morgan fingerprint density at radius 2 is 0.840 bits per heavy atom. The predicted octanol–water partition coefficient (Wildman–Crippen LogP) is -3.83. The zero-order chi connectivity index (χ0) is 19.4. The highest BCUT2D eigenvalue weighted by Gasteiger charge is 2.36. The SMILES string of the molecule is OCC(CO)(CO)COCC(CO)(CO)COCC(CO)(CO)OO. The average Bonchev–Trinajstić information content (AvgIpc) is 2.68. The summed E-state index contributed by atoms with van der Waals surface area (Å²) in [6.45, 7) is -5.26. The summed E-state index contributed by atoms with van der Waals surface area (Å²) in [6, 6.07) is 0.